The minimum Gasteiger partial charge on any atom is -0.495 e. The average molecular weight is 381 g/mol. The van der Waals surface area contributed by atoms with Gasteiger partial charge in [-0.15, -0.1) is 0 Å². The molecule has 0 atom stereocenters. The van der Waals surface area contributed by atoms with Crippen molar-refractivity contribution in [3.63, 3.8) is 0 Å². The summed E-state index contributed by atoms with van der Waals surface area (Å²) in [6, 6.07) is 7.23. The van der Waals surface area contributed by atoms with E-state index >= 15 is 0 Å². The summed E-state index contributed by atoms with van der Waals surface area (Å²) < 4.78 is 29.5. The molecular formula is C16H16BrN3O3. The molecule has 2 aromatic rings. The number of methoxy groups -OCH3 is 1. The Morgan fingerprint density at radius 3 is 2.61 bits per heavy atom. The fourth-order valence-corrected chi connectivity index (χ4v) is 2.47. The molecule has 0 radical (unpaired) electrons. The lowest BCUT2D eigenvalue weighted by atomic mass is 10.2. The van der Waals surface area contributed by atoms with Gasteiger partial charge in [0.2, 0.25) is 0 Å². The molecule has 0 saturated carbocycles. The number of imidazole rings is 1. The fraction of sp³-hybridized carbons (Fsp3) is 0.312. The smallest absolute Gasteiger partial charge is 0.373 e. The standard InChI is InChI=1S/C15H16BrN3O.CO2/c1-4-11-13(9-17)19(15(5-2)18-11)12-7-6-10(16)8-14(12)20-3;2-1-3/h6-8H,4-5H2,1-3H3;/i3D3;. The van der Waals surface area contributed by atoms with Gasteiger partial charge in [-0.1, -0.05) is 29.8 Å². The Kier molecular flexibility index (Phi) is 5.48. The van der Waals surface area contributed by atoms with Gasteiger partial charge in [0.15, 0.2) is 0 Å². The maximum Gasteiger partial charge on any atom is 0.373 e. The van der Waals surface area contributed by atoms with Crippen LogP contribution in [0.1, 0.15) is 35.2 Å². The lowest BCUT2D eigenvalue weighted by Gasteiger charge is -2.13. The van der Waals surface area contributed by atoms with Crippen LogP contribution in [0.3, 0.4) is 0 Å². The third-order valence-electron chi connectivity index (χ3n) is 3.05. The molecule has 0 N–H and O–H groups in total. The van der Waals surface area contributed by atoms with Gasteiger partial charge < -0.3 is 4.74 Å². The predicted octanol–water partition coefficient (Wildman–Crippen LogP) is 3.06. The van der Waals surface area contributed by atoms with E-state index in [0.29, 0.717) is 40.2 Å². The molecule has 0 aliphatic carbocycles. The van der Waals surface area contributed by atoms with Crippen LogP contribution in [0, 0.1) is 11.3 Å². The molecule has 2 rings (SSSR count). The van der Waals surface area contributed by atoms with Crippen LogP contribution in [0.15, 0.2) is 22.7 Å². The lowest BCUT2D eigenvalue weighted by Crippen LogP contribution is -2.05. The Hall–Kier alpha value is -2.42. The first-order valence-electron chi connectivity index (χ1n) is 8.21. The zero-order chi connectivity index (χ0) is 19.9. The van der Waals surface area contributed by atoms with Gasteiger partial charge in [0, 0.05) is 10.9 Å². The summed E-state index contributed by atoms with van der Waals surface area (Å²) in [4.78, 5) is 20.7. The van der Waals surface area contributed by atoms with Crippen molar-refractivity contribution in [2.45, 2.75) is 26.7 Å². The zero-order valence-corrected chi connectivity index (χ0v) is 14.2. The molecule has 1 aromatic heterocycles. The van der Waals surface area contributed by atoms with Crippen molar-refractivity contribution in [3.8, 4) is 17.5 Å². The zero-order valence-electron chi connectivity index (χ0n) is 15.6. The quantitative estimate of drug-likeness (QED) is 0.813. The number of benzene rings is 1. The first-order valence-corrected chi connectivity index (χ1v) is 7.50. The number of hydrogen-bond donors (Lipinski definition) is 0. The lowest BCUT2D eigenvalue weighted by molar-refractivity contribution is -0.191. The fourth-order valence-electron chi connectivity index (χ4n) is 2.13. The van der Waals surface area contributed by atoms with Gasteiger partial charge in [-0.25, -0.2) is 4.98 Å². The van der Waals surface area contributed by atoms with Gasteiger partial charge in [-0.05, 0) is 24.6 Å². The molecule has 0 saturated heterocycles. The number of rotatable bonds is 4. The van der Waals surface area contributed by atoms with E-state index in [-0.39, 0.29) is 11.9 Å². The Balaban J connectivity index is 0.00000105. The van der Waals surface area contributed by atoms with Gasteiger partial charge in [0.05, 0.1) is 22.5 Å². The second kappa shape index (κ2) is 8.89. The highest BCUT2D eigenvalue weighted by molar-refractivity contribution is 9.10. The Morgan fingerprint density at radius 1 is 1.39 bits per heavy atom. The summed E-state index contributed by atoms with van der Waals surface area (Å²) in [6.45, 7) is 3.86. The van der Waals surface area contributed by atoms with Crippen LogP contribution in [-0.2, 0) is 22.4 Å². The largest absolute Gasteiger partial charge is 0.495 e. The molecule has 1 aromatic carbocycles. The SMILES string of the molecule is O=C=O.[2H]C([2H])([2H])Oc1cc(Br)ccc1-n1c(CC)nc(CC)c1C#N. The Bertz CT molecular complexity index is 851. The molecule has 0 spiro atoms. The molecule has 0 aliphatic heterocycles. The molecule has 0 fully saturated rings. The molecule has 7 heteroatoms. The monoisotopic (exact) mass is 380 g/mol. The Labute approximate surface area is 147 Å². The summed E-state index contributed by atoms with van der Waals surface area (Å²) >= 11 is 3.31. The maximum absolute atomic E-state index is 9.51. The van der Waals surface area contributed by atoms with Crippen LogP contribution in [0.2, 0.25) is 0 Å². The van der Waals surface area contributed by atoms with Crippen LogP contribution in [0.5, 0.6) is 5.75 Å². The van der Waals surface area contributed by atoms with Crippen molar-refractivity contribution < 1.29 is 18.4 Å². The van der Waals surface area contributed by atoms with Crippen molar-refractivity contribution in [1.29, 1.82) is 5.26 Å². The number of aromatic nitrogens is 2. The summed E-state index contributed by atoms with van der Waals surface area (Å²) in [6.07, 6.45) is 1.48. The van der Waals surface area contributed by atoms with Gasteiger partial charge in [0.25, 0.3) is 0 Å². The number of nitrogens with zero attached hydrogens (tertiary/aromatic N) is 3. The summed E-state index contributed by atoms with van der Waals surface area (Å²) in [7, 11) is -2.58. The molecular weight excluding hydrogens is 362 g/mol. The molecule has 0 aliphatic rings. The van der Waals surface area contributed by atoms with E-state index in [1.165, 1.54) is 0 Å². The van der Waals surface area contributed by atoms with Gasteiger partial charge in [-0.3, -0.25) is 4.57 Å². The topological polar surface area (TPSA) is 85.0 Å². The first kappa shape index (κ1) is 14.2. The van der Waals surface area contributed by atoms with Crippen LogP contribution >= 0.6 is 15.9 Å². The summed E-state index contributed by atoms with van der Waals surface area (Å²) in [5, 5.41) is 9.51. The van der Waals surface area contributed by atoms with Crippen molar-refractivity contribution in [3.05, 3.63) is 39.9 Å². The molecule has 1 heterocycles. The third kappa shape index (κ3) is 4.07. The van der Waals surface area contributed by atoms with Gasteiger partial charge in [0.1, 0.15) is 23.3 Å². The maximum atomic E-state index is 9.51. The van der Waals surface area contributed by atoms with E-state index < -0.39 is 7.04 Å². The highest BCUT2D eigenvalue weighted by Crippen LogP contribution is 2.30. The van der Waals surface area contributed by atoms with Crippen molar-refractivity contribution in [2.75, 3.05) is 7.04 Å². The normalized spacial score (nSPS) is 11.8. The molecule has 120 valence electrons. The van der Waals surface area contributed by atoms with Crippen LogP contribution in [0.25, 0.3) is 5.69 Å². The number of aryl methyl sites for hydroxylation is 2. The number of ether oxygens (including phenoxy) is 1. The van der Waals surface area contributed by atoms with E-state index in [4.69, 9.17) is 18.4 Å². The van der Waals surface area contributed by atoms with Gasteiger partial charge in [-0.2, -0.15) is 14.9 Å². The first-order chi connectivity index (χ1) is 12.2. The number of carbonyl (C=O) groups excluding carboxylic acids is 2. The molecule has 0 amide bonds. The van der Waals surface area contributed by atoms with E-state index in [2.05, 4.69) is 27.0 Å². The molecule has 6 nitrogen and oxygen atoms in total. The molecule has 0 bridgehead atoms. The van der Waals surface area contributed by atoms with Crippen LogP contribution < -0.4 is 4.74 Å². The van der Waals surface area contributed by atoms with E-state index in [1.54, 1.807) is 22.8 Å². The minimum atomic E-state index is -2.58. The van der Waals surface area contributed by atoms with Crippen LogP contribution in [0.4, 0.5) is 0 Å². The summed E-state index contributed by atoms with van der Waals surface area (Å²) in [5.74, 6) is 0.863. The van der Waals surface area contributed by atoms with Crippen molar-refractivity contribution in [2.24, 2.45) is 0 Å². The number of nitriles is 1. The van der Waals surface area contributed by atoms with E-state index in [0.717, 1.165) is 0 Å². The van der Waals surface area contributed by atoms with Crippen molar-refractivity contribution >= 4 is 22.1 Å². The van der Waals surface area contributed by atoms with Crippen molar-refractivity contribution in [1.82, 2.24) is 9.55 Å². The third-order valence-corrected chi connectivity index (χ3v) is 3.54. The van der Waals surface area contributed by atoms with Gasteiger partial charge >= 0.3 is 6.15 Å². The second-order valence-corrected chi connectivity index (χ2v) is 5.19. The minimum absolute atomic E-state index is 0.172. The highest BCUT2D eigenvalue weighted by atomic mass is 79.9. The highest BCUT2D eigenvalue weighted by Gasteiger charge is 2.18. The average Bonchev–Trinajstić information content (AvgIpc) is 2.92. The summed E-state index contributed by atoms with van der Waals surface area (Å²) in [5.41, 5.74) is 1.58. The Morgan fingerprint density at radius 2 is 2.09 bits per heavy atom. The van der Waals surface area contributed by atoms with E-state index in [9.17, 15) is 5.26 Å². The van der Waals surface area contributed by atoms with E-state index in [1.807, 2.05) is 13.8 Å². The predicted molar refractivity (Wildman–Crippen MR) is 86.3 cm³/mol. The molecule has 23 heavy (non-hydrogen) atoms. The second-order valence-electron chi connectivity index (χ2n) is 4.28. The number of halogens is 1. The van der Waals surface area contributed by atoms with Crippen LogP contribution in [-0.4, -0.2) is 22.7 Å². The number of hydrogen-bond acceptors (Lipinski definition) is 5. The molecule has 0 unspecified atom stereocenters.